The molecule has 2 aromatic carbocycles. The van der Waals surface area contributed by atoms with Crippen LogP contribution in [-0.4, -0.2) is 61.1 Å². The maximum absolute atomic E-state index is 13.0. The van der Waals surface area contributed by atoms with Gasteiger partial charge in [-0.1, -0.05) is 12.1 Å². The highest BCUT2D eigenvalue weighted by atomic mass is 32.1. The van der Waals surface area contributed by atoms with E-state index in [0.29, 0.717) is 30.2 Å². The lowest BCUT2D eigenvalue weighted by Crippen LogP contribution is -2.48. The third-order valence-corrected chi connectivity index (χ3v) is 6.73. The van der Waals surface area contributed by atoms with Crippen molar-refractivity contribution in [3.8, 4) is 22.8 Å². The highest BCUT2D eigenvalue weighted by molar-refractivity contribution is 7.09. The molecule has 0 N–H and O–H groups in total. The van der Waals surface area contributed by atoms with Gasteiger partial charge in [-0.05, 0) is 36.4 Å². The van der Waals surface area contributed by atoms with Crippen LogP contribution in [0.5, 0.6) is 11.5 Å². The molecule has 33 heavy (non-hydrogen) atoms. The maximum atomic E-state index is 13.0. The molecule has 0 atom stereocenters. The predicted molar refractivity (Wildman–Crippen MR) is 128 cm³/mol. The highest BCUT2D eigenvalue weighted by Gasteiger charge is 2.25. The Hall–Kier alpha value is -3.36. The van der Waals surface area contributed by atoms with E-state index in [2.05, 4.69) is 10.3 Å². The molecule has 1 aliphatic rings. The monoisotopic (exact) mass is 463 g/mol. The number of piperazine rings is 1. The first kappa shape index (κ1) is 21.5. The quantitative estimate of drug-likeness (QED) is 0.419. The fourth-order valence-corrected chi connectivity index (χ4v) is 4.88. The van der Waals surface area contributed by atoms with E-state index in [1.54, 1.807) is 31.6 Å². The summed E-state index contributed by atoms with van der Waals surface area (Å²) in [6.07, 6.45) is 0. The van der Waals surface area contributed by atoms with E-state index in [4.69, 9.17) is 18.9 Å². The predicted octanol–water partition coefficient (Wildman–Crippen LogP) is 4.53. The van der Waals surface area contributed by atoms with Crippen molar-refractivity contribution in [3.05, 3.63) is 64.7 Å². The number of benzene rings is 2. The van der Waals surface area contributed by atoms with E-state index < -0.39 is 0 Å². The number of para-hydroxylation sites is 1. The molecule has 0 spiro atoms. The number of amides is 1. The van der Waals surface area contributed by atoms with E-state index in [1.165, 1.54) is 0 Å². The summed E-state index contributed by atoms with van der Waals surface area (Å²) in [4.78, 5) is 22.0. The molecule has 2 aromatic heterocycles. The number of rotatable bonds is 6. The number of aromatic nitrogens is 1. The third kappa shape index (κ3) is 4.44. The number of methoxy groups -OCH3 is 2. The van der Waals surface area contributed by atoms with Gasteiger partial charge in [0.15, 0.2) is 17.1 Å². The van der Waals surface area contributed by atoms with Crippen LogP contribution >= 0.6 is 11.3 Å². The van der Waals surface area contributed by atoms with E-state index >= 15 is 0 Å². The zero-order chi connectivity index (χ0) is 22.8. The normalized spacial score (nSPS) is 14.5. The summed E-state index contributed by atoms with van der Waals surface area (Å²) in [5, 5.41) is 4.03. The summed E-state index contributed by atoms with van der Waals surface area (Å²) in [7, 11) is 3.26. The number of nitrogens with zero attached hydrogens (tertiary/aromatic N) is 3. The van der Waals surface area contributed by atoms with Gasteiger partial charge in [-0.3, -0.25) is 9.69 Å². The summed E-state index contributed by atoms with van der Waals surface area (Å²) in [6.45, 7) is 3.69. The number of carbonyl (C=O) groups is 1. The lowest BCUT2D eigenvalue weighted by molar-refractivity contribution is 0.0600. The van der Waals surface area contributed by atoms with Crippen LogP contribution in [-0.2, 0) is 6.54 Å². The van der Waals surface area contributed by atoms with Crippen LogP contribution < -0.4 is 9.47 Å². The Labute approximate surface area is 196 Å². The minimum atomic E-state index is -0.0797. The Bertz CT molecular complexity index is 1260. The minimum Gasteiger partial charge on any atom is -0.497 e. The molecule has 4 aromatic rings. The van der Waals surface area contributed by atoms with Gasteiger partial charge in [0.1, 0.15) is 10.8 Å². The van der Waals surface area contributed by atoms with Crippen molar-refractivity contribution in [2.75, 3.05) is 40.4 Å². The van der Waals surface area contributed by atoms with E-state index in [1.807, 2.05) is 47.4 Å². The standard InChI is InChI=1S/C25H25N3O4S/c1-30-19-8-6-17(7-9-19)20-16-33-23(26-20)15-27-10-12-28(13-11-27)25(29)22-14-18-4-3-5-21(31-2)24(18)32-22/h3-9,14,16H,10-13,15H2,1-2H3. The van der Waals surface area contributed by atoms with Crippen LogP contribution in [0.2, 0.25) is 0 Å². The second-order valence-corrected chi connectivity index (χ2v) is 8.86. The van der Waals surface area contributed by atoms with Crippen molar-refractivity contribution in [2.45, 2.75) is 6.54 Å². The Balaban J connectivity index is 1.19. The van der Waals surface area contributed by atoms with Gasteiger partial charge in [0.2, 0.25) is 0 Å². The average Bonchev–Trinajstić information content (AvgIpc) is 3.51. The van der Waals surface area contributed by atoms with Crippen molar-refractivity contribution in [1.29, 1.82) is 0 Å². The maximum Gasteiger partial charge on any atom is 0.289 e. The van der Waals surface area contributed by atoms with Crippen LogP contribution in [0.15, 0.2) is 58.3 Å². The molecular weight excluding hydrogens is 438 g/mol. The van der Waals surface area contributed by atoms with Gasteiger partial charge < -0.3 is 18.8 Å². The summed E-state index contributed by atoms with van der Waals surface area (Å²) in [5.41, 5.74) is 2.67. The smallest absolute Gasteiger partial charge is 0.289 e. The van der Waals surface area contributed by atoms with Crippen LogP contribution in [0.25, 0.3) is 22.2 Å². The zero-order valence-corrected chi connectivity index (χ0v) is 19.4. The van der Waals surface area contributed by atoms with Crippen LogP contribution in [0.3, 0.4) is 0 Å². The number of hydrogen-bond acceptors (Lipinski definition) is 7. The van der Waals surface area contributed by atoms with E-state index in [0.717, 1.165) is 47.0 Å². The topological polar surface area (TPSA) is 68.0 Å². The van der Waals surface area contributed by atoms with Crippen molar-refractivity contribution >= 4 is 28.2 Å². The van der Waals surface area contributed by atoms with Gasteiger partial charge in [0, 0.05) is 42.5 Å². The largest absolute Gasteiger partial charge is 0.497 e. The van der Waals surface area contributed by atoms with Gasteiger partial charge in [0.05, 0.1) is 26.5 Å². The lowest BCUT2D eigenvalue weighted by Gasteiger charge is -2.33. The molecule has 1 fully saturated rings. The summed E-state index contributed by atoms with van der Waals surface area (Å²) < 4.78 is 16.4. The fourth-order valence-electron chi connectivity index (χ4n) is 4.04. The van der Waals surface area contributed by atoms with Crippen LogP contribution in [0, 0.1) is 0 Å². The molecule has 0 bridgehead atoms. The molecule has 3 heterocycles. The zero-order valence-electron chi connectivity index (χ0n) is 18.6. The van der Waals surface area contributed by atoms with Gasteiger partial charge in [0.25, 0.3) is 5.91 Å². The molecule has 0 radical (unpaired) electrons. The van der Waals surface area contributed by atoms with Gasteiger partial charge in [-0.15, -0.1) is 11.3 Å². The minimum absolute atomic E-state index is 0.0797. The summed E-state index contributed by atoms with van der Waals surface area (Å²) in [6, 6.07) is 15.4. The molecule has 5 rings (SSSR count). The van der Waals surface area contributed by atoms with Gasteiger partial charge in [-0.2, -0.15) is 0 Å². The van der Waals surface area contributed by atoms with Crippen molar-refractivity contribution in [1.82, 2.24) is 14.8 Å². The molecule has 8 heteroatoms. The van der Waals surface area contributed by atoms with Gasteiger partial charge >= 0.3 is 0 Å². The number of furan rings is 1. The van der Waals surface area contributed by atoms with Crippen molar-refractivity contribution in [3.63, 3.8) is 0 Å². The van der Waals surface area contributed by atoms with Crippen molar-refractivity contribution < 1.29 is 18.7 Å². The van der Waals surface area contributed by atoms with Crippen molar-refractivity contribution in [2.24, 2.45) is 0 Å². The molecule has 7 nitrogen and oxygen atoms in total. The first-order chi connectivity index (χ1) is 16.1. The average molecular weight is 464 g/mol. The fraction of sp³-hybridized carbons (Fsp3) is 0.280. The lowest BCUT2D eigenvalue weighted by atomic mass is 10.2. The Morgan fingerprint density at radius 2 is 1.85 bits per heavy atom. The summed E-state index contributed by atoms with van der Waals surface area (Å²) in [5.74, 6) is 1.74. The Morgan fingerprint density at radius 1 is 1.06 bits per heavy atom. The number of thiazole rings is 1. The first-order valence-electron chi connectivity index (χ1n) is 10.8. The van der Waals surface area contributed by atoms with Crippen LogP contribution in [0.4, 0.5) is 0 Å². The second kappa shape index (κ2) is 9.25. The Morgan fingerprint density at radius 3 is 2.58 bits per heavy atom. The Kier molecular flexibility index (Phi) is 6.02. The second-order valence-electron chi connectivity index (χ2n) is 7.91. The first-order valence-corrected chi connectivity index (χ1v) is 11.7. The van der Waals surface area contributed by atoms with Gasteiger partial charge in [-0.25, -0.2) is 4.98 Å². The molecule has 1 amide bonds. The molecule has 0 unspecified atom stereocenters. The van der Waals surface area contributed by atoms with Crippen LogP contribution in [0.1, 0.15) is 15.6 Å². The number of carbonyl (C=O) groups excluding carboxylic acids is 1. The van der Waals surface area contributed by atoms with E-state index in [-0.39, 0.29) is 5.91 Å². The molecule has 170 valence electrons. The third-order valence-electron chi connectivity index (χ3n) is 5.89. The number of ether oxygens (including phenoxy) is 2. The van der Waals surface area contributed by atoms with E-state index in [9.17, 15) is 4.79 Å². The summed E-state index contributed by atoms with van der Waals surface area (Å²) >= 11 is 1.67. The molecule has 0 saturated carbocycles. The molecular formula is C25H25N3O4S. The number of hydrogen-bond donors (Lipinski definition) is 0. The number of fused-ring (bicyclic) bond motifs is 1. The molecule has 1 aliphatic heterocycles. The SMILES string of the molecule is COc1ccc(-c2csc(CN3CCN(C(=O)c4cc5cccc(OC)c5o4)CC3)n2)cc1. The molecule has 1 saturated heterocycles. The molecule has 0 aliphatic carbocycles. The highest BCUT2D eigenvalue weighted by Crippen LogP contribution is 2.29.